The summed E-state index contributed by atoms with van der Waals surface area (Å²) in [4.78, 5) is 4.18. The fraction of sp³-hybridized carbons (Fsp3) is 0.111. The average Bonchev–Trinajstić information content (AvgIpc) is 2.66. The molecule has 2 aromatic rings. The number of hydrogen-bond acceptors (Lipinski definition) is 2. The Morgan fingerprint density at radius 3 is 2.60 bits per heavy atom. The van der Waals surface area contributed by atoms with E-state index >= 15 is 0 Å². The monoisotopic (exact) mass is 321 g/mol. The van der Waals surface area contributed by atoms with Crippen molar-refractivity contribution >= 4 is 22.6 Å². The fourth-order valence-corrected chi connectivity index (χ4v) is 1.60. The van der Waals surface area contributed by atoms with Crippen molar-refractivity contribution in [3.8, 4) is 11.4 Å². The first kappa shape index (κ1) is 10.5. The minimum Gasteiger partial charge on any atom is -0.240 e. The Morgan fingerprint density at radius 1 is 1.20 bits per heavy atom. The molecule has 0 radical (unpaired) electrons. The fourth-order valence-electron chi connectivity index (χ4n) is 1.13. The van der Waals surface area contributed by atoms with E-state index in [9.17, 15) is 8.78 Å². The number of pyridine rings is 1. The van der Waals surface area contributed by atoms with Gasteiger partial charge in [0.05, 0.1) is 5.69 Å². The molecule has 2 rings (SSSR count). The van der Waals surface area contributed by atoms with Crippen LogP contribution in [0.15, 0.2) is 30.5 Å². The molecule has 3 nitrogen and oxygen atoms in total. The maximum atomic E-state index is 12.3. The van der Waals surface area contributed by atoms with Gasteiger partial charge in [-0.05, 0) is 40.8 Å². The minimum absolute atomic E-state index is 0.453. The van der Waals surface area contributed by atoms with Gasteiger partial charge in [0, 0.05) is 6.20 Å². The molecule has 0 aliphatic rings. The molecule has 2 aromatic heterocycles. The molecule has 0 atom stereocenters. The first-order valence-corrected chi connectivity index (χ1v) is 5.21. The third kappa shape index (κ3) is 2.31. The van der Waals surface area contributed by atoms with E-state index in [0.29, 0.717) is 16.1 Å². The maximum Gasteiger partial charge on any atom is 0.333 e. The van der Waals surface area contributed by atoms with Crippen LogP contribution in [0, 0.1) is 3.70 Å². The summed E-state index contributed by atoms with van der Waals surface area (Å²) >= 11 is 2.06. The second-order valence-corrected chi connectivity index (χ2v) is 3.91. The van der Waals surface area contributed by atoms with Gasteiger partial charge in [0.1, 0.15) is 9.39 Å². The molecular weight excluding hydrogens is 315 g/mol. The first-order chi connectivity index (χ1) is 7.16. The van der Waals surface area contributed by atoms with Crippen LogP contribution in [-0.4, -0.2) is 14.8 Å². The van der Waals surface area contributed by atoms with Crippen LogP contribution < -0.4 is 0 Å². The van der Waals surface area contributed by atoms with Crippen molar-refractivity contribution in [1.29, 1.82) is 0 Å². The van der Waals surface area contributed by atoms with Crippen LogP contribution >= 0.6 is 22.6 Å². The van der Waals surface area contributed by atoms with E-state index in [2.05, 4.69) is 32.7 Å². The summed E-state index contributed by atoms with van der Waals surface area (Å²) in [7, 11) is 0. The quantitative estimate of drug-likeness (QED) is 0.629. The van der Waals surface area contributed by atoms with Gasteiger partial charge in [-0.15, -0.1) is 0 Å². The zero-order chi connectivity index (χ0) is 10.8. The topological polar surface area (TPSA) is 30.7 Å². The van der Waals surface area contributed by atoms with E-state index in [0.717, 1.165) is 3.70 Å². The van der Waals surface area contributed by atoms with Gasteiger partial charge in [-0.2, -0.15) is 13.9 Å². The molecule has 78 valence electrons. The highest BCUT2D eigenvalue weighted by Crippen LogP contribution is 2.17. The highest BCUT2D eigenvalue weighted by atomic mass is 127. The Bertz CT molecular complexity index is 470. The molecule has 0 aromatic carbocycles. The van der Waals surface area contributed by atoms with E-state index in [1.165, 1.54) is 12.3 Å². The van der Waals surface area contributed by atoms with Crippen LogP contribution in [-0.2, 0) is 0 Å². The van der Waals surface area contributed by atoms with Crippen LogP contribution in [0.5, 0.6) is 0 Å². The van der Waals surface area contributed by atoms with Crippen LogP contribution in [0.25, 0.3) is 11.4 Å². The lowest BCUT2D eigenvalue weighted by atomic mass is 10.3. The van der Waals surface area contributed by atoms with Crippen molar-refractivity contribution in [2.24, 2.45) is 0 Å². The lowest BCUT2D eigenvalue weighted by Crippen LogP contribution is -1.98. The van der Waals surface area contributed by atoms with Crippen molar-refractivity contribution in [1.82, 2.24) is 14.8 Å². The van der Waals surface area contributed by atoms with Gasteiger partial charge in [-0.25, -0.2) is 9.67 Å². The molecule has 0 fully saturated rings. The van der Waals surface area contributed by atoms with Crippen molar-refractivity contribution in [3.05, 3.63) is 34.2 Å². The lowest BCUT2D eigenvalue weighted by Gasteiger charge is -1.98. The van der Waals surface area contributed by atoms with Crippen LogP contribution in [0.3, 0.4) is 0 Å². The zero-order valence-electron chi connectivity index (χ0n) is 7.44. The summed E-state index contributed by atoms with van der Waals surface area (Å²) in [5, 5.41) is 3.72. The van der Waals surface area contributed by atoms with Crippen LogP contribution in [0.1, 0.15) is 6.55 Å². The molecule has 0 unspecified atom stereocenters. The second-order valence-electron chi connectivity index (χ2n) is 2.80. The van der Waals surface area contributed by atoms with E-state index in [-0.39, 0.29) is 0 Å². The largest absolute Gasteiger partial charge is 0.333 e. The lowest BCUT2D eigenvalue weighted by molar-refractivity contribution is 0.0568. The third-order valence-electron chi connectivity index (χ3n) is 1.79. The number of aromatic nitrogens is 3. The predicted molar refractivity (Wildman–Crippen MR) is 59.4 cm³/mol. The number of nitrogens with zero attached hydrogens (tertiary/aromatic N) is 3. The van der Waals surface area contributed by atoms with Crippen LogP contribution in [0.4, 0.5) is 8.78 Å². The Kier molecular flexibility index (Phi) is 2.94. The van der Waals surface area contributed by atoms with E-state index in [1.54, 1.807) is 6.07 Å². The van der Waals surface area contributed by atoms with Gasteiger partial charge >= 0.3 is 6.55 Å². The number of rotatable bonds is 2. The van der Waals surface area contributed by atoms with Gasteiger partial charge in [0.15, 0.2) is 0 Å². The third-order valence-corrected chi connectivity index (χ3v) is 2.39. The highest BCUT2D eigenvalue weighted by Gasteiger charge is 2.09. The minimum atomic E-state index is -2.61. The number of alkyl halides is 2. The molecule has 2 heterocycles. The first-order valence-electron chi connectivity index (χ1n) is 4.13. The van der Waals surface area contributed by atoms with Crippen molar-refractivity contribution in [3.63, 3.8) is 0 Å². The molecule has 6 heteroatoms. The van der Waals surface area contributed by atoms with E-state index < -0.39 is 6.55 Å². The molecule has 0 aliphatic heterocycles. The molecule has 0 spiro atoms. The molecule has 0 saturated carbocycles. The predicted octanol–water partition coefficient (Wildman–Crippen LogP) is 2.94. The summed E-state index contributed by atoms with van der Waals surface area (Å²) in [6.45, 7) is -2.61. The van der Waals surface area contributed by atoms with Gasteiger partial charge in [-0.3, -0.25) is 0 Å². The van der Waals surface area contributed by atoms with Gasteiger partial charge < -0.3 is 0 Å². The number of halogens is 3. The normalized spacial score (nSPS) is 10.9. The maximum absolute atomic E-state index is 12.3. The average molecular weight is 321 g/mol. The molecule has 15 heavy (non-hydrogen) atoms. The van der Waals surface area contributed by atoms with E-state index in [4.69, 9.17) is 0 Å². The smallest absolute Gasteiger partial charge is 0.240 e. The molecule has 0 aliphatic carbocycles. The van der Waals surface area contributed by atoms with Crippen molar-refractivity contribution in [2.45, 2.75) is 6.55 Å². The van der Waals surface area contributed by atoms with Gasteiger partial charge in [-0.1, -0.05) is 6.07 Å². The number of hydrogen-bond donors (Lipinski definition) is 0. The van der Waals surface area contributed by atoms with E-state index in [1.807, 2.05) is 12.1 Å². The van der Waals surface area contributed by atoms with Crippen molar-refractivity contribution in [2.75, 3.05) is 0 Å². The Balaban J connectivity index is 2.37. The second kappa shape index (κ2) is 4.21. The molecule has 0 bridgehead atoms. The van der Waals surface area contributed by atoms with Crippen LogP contribution in [0.2, 0.25) is 0 Å². The Labute approximate surface area is 98.3 Å². The summed E-state index contributed by atoms with van der Waals surface area (Å²) in [5.74, 6) is 0. The standard InChI is InChI=1S/C9H6F2IN3/c10-9(11)15-5-4-7(14-15)6-2-1-3-8(12)13-6/h1-5,9H. The summed E-state index contributed by atoms with van der Waals surface area (Å²) < 4.78 is 25.9. The molecular formula is C9H6F2IN3. The van der Waals surface area contributed by atoms with Gasteiger partial charge in [0.2, 0.25) is 0 Å². The summed E-state index contributed by atoms with van der Waals surface area (Å²) in [5.41, 5.74) is 1.05. The summed E-state index contributed by atoms with van der Waals surface area (Å²) in [6, 6.07) is 6.89. The molecule has 0 N–H and O–H groups in total. The Hall–Kier alpha value is -1.05. The van der Waals surface area contributed by atoms with Crippen molar-refractivity contribution < 1.29 is 8.78 Å². The zero-order valence-corrected chi connectivity index (χ0v) is 9.60. The highest BCUT2D eigenvalue weighted by molar-refractivity contribution is 14.1. The SMILES string of the molecule is FC(F)n1ccc(-c2cccc(I)n2)n1. The molecule has 0 saturated heterocycles. The van der Waals surface area contributed by atoms with Gasteiger partial charge in [0.25, 0.3) is 0 Å². The Morgan fingerprint density at radius 2 is 2.00 bits per heavy atom. The summed E-state index contributed by atoms with van der Waals surface area (Å²) in [6.07, 6.45) is 1.24. The molecule has 0 amide bonds.